The van der Waals surface area contributed by atoms with Crippen LogP contribution in [0.3, 0.4) is 0 Å². The maximum absolute atomic E-state index is 5.43. The first-order valence-corrected chi connectivity index (χ1v) is 9.13. The Labute approximate surface area is 152 Å². The summed E-state index contributed by atoms with van der Waals surface area (Å²) in [6.45, 7) is 3.16. The average Bonchev–Trinajstić information content (AvgIpc) is 3.31. The van der Waals surface area contributed by atoms with Crippen molar-refractivity contribution < 1.29 is 4.42 Å². The Bertz CT molecular complexity index is 1050. The Morgan fingerprint density at radius 2 is 2.12 bits per heavy atom. The van der Waals surface area contributed by atoms with E-state index in [1.807, 2.05) is 18.5 Å². The lowest BCUT2D eigenvalue weighted by Gasteiger charge is -2.18. The van der Waals surface area contributed by atoms with E-state index in [1.165, 1.54) is 27.4 Å². The number of nitrogens with zero attached hydrogens (tertiary/aromatic N) is 2. The van der Waals surface area contributed by atoms with Gasteiger partial charge < -0.3 is 9.73 Å². The van der Waals surface area contributed by atoms with E-state index in [2.05, 4.69) is 57.7 Å². The van der Waals surface area contributed by atoms with Crippen LogP contribution in [-0.2, 0) is 6.54 Å². The second-order valence-electron chi connectivity index (χ2n) is 7.06. The highest BCUT2D eigenvalue weighted by atomic mass is 16.3. The van der Waals surface area contributed by atoms with Crippen molar-refractivity contribution in [2.24, 2.45) is 0 Å². The first-order valence-electron chi connectivity index (χ1n) is 9.13. The van der Waals surface area contributed by atoms with E-state index in [0.29, 0.717) is 6.04 Å². The zero-order valence-electron chi connectivity index (χ0n) is 14.6. The molecule has 3 heterocycles. The van der Waals surface area contributed by atoms with Gasteiger partial charge in [-0.2, -0.15) is 0 Å². The molecule has 2 aromatic carbocycles. The summed E-state index contributed by atoms with van der Waals surface area (Å²) in [5, 5.41) is 7.35. The lowest BCUT2D eigenvalue weighted by molar-refractivity contribution is 0.329. The van der Waals surface area contributed by atoms with Crippen molar-refractivity contribution in [3.8, 4) is 0 Å². The van der Waals surface area contributed by atoms with Gasteiger partial charge in [0.05, 0.1) is 6.26 Å². The molecule has 1 aliphatic rings. The molecule has 0 bridgehead atoms. The second-order valence-corrected chi connectivity index (χ2v) is 7.06. The van der Waals surface area contributed by atoms with E-state index in [-0.39, 0.29) is 0 Å². The lowest BCUT2D eigenvalue weighted by Crippen LogP contribution is -2.26. The highest BCUT2D eigenvalue weighted by Gasteiger charge is 2.22. The van der Waals surface area contributed by atoms with Crippen LogP contribution in [0, 0.1) is 0 Å². The van der Waals surface area contributed by atoms with Crippen LogP contribution in [0.1, 0.15) is 12.0 Å². The Balaban J connectivity index is 1.28. The third kappa shape index (κ3) is 2.93. The van der Waals surface area contributed by atoms with Crippen molar-refractivity contribution in [1.29, 1.82) is 0 Å². The number of aromatic nitrogens is 1. The predicted molar refractivity (Wildman–Crippen MR) is 105 cm³/mol. The van der Waals surface area contributed by atoms with E-state index in [9.17, 15) is 0 Å². The maximum Gasteiger partial charge on any atom is 0.133 e. The molecule has 1 saturated heterocycles. The predicted octanol–water partition coefficient (Wildman–Crippen LogP) is 4.67. The number of rotatable bonds is 4. The number of nitrogens with one attached hydrogen (secondary N) is 1. The van der Waals surface area contributed by atoms with Gasteiger partial charge in [0.25, 0.3) is 0 Å². The topological polar surface area (TPSA) is 41.3 Å². The Hall–Kier alpha value is -2.85. The number of likely N-dealkylation sites (tertiary alicyclic amines) is 1. The molecule has 0 amide bonds. The number of pyridine rings is 1. The first-order chi connectivity index (χ1) is 12.8. The standard InChI is InChI=1S/C22H21N3O/c1-2-18-13-23-9-6-20(18)21(3-1)24-19-7-10-25(15-19)14-16-4-5-22-17(12-16)8-11-26-22/h1-6,8-9,11-13,19,24H,7,10,14-15H2. The van der Waals surface area contributed by atoms with Gasteiger partial charge in [0, 0.05) is 59.9 Å². The lowest BCUT2D eigenvalue weighted by atomic mass is 10.1. The molecule has 1 aliphatic heterocycles. The van der Waals surface area contributed by atoms with Crippen molar-refractivity contribution in [3.05, 3.63) is 72.8 Å². The largest absolute Gasteiger partial charge is 0.464 e. The number of benzene rings is 2. The fourth-order valence-electron chi connectivity index (χ4n) is 3.94. The Kier molecular flexibility index (Phi) is 3.83. The van der Waals surface area contributed by atoms with E-state index in [0.717, 1.165) is 31.6 Å². The molecule has 1 fully saturated rings. The van der Waals surface area contributed by atoms with E-state index in [1.54, 1.807) is 6.26 Å². The summed E-state index contributed by atoms with van der Waals surface area (Å²) in [6, 6.07) is 17.4. The van der Waals surface area contributed by atoms with Gasteiger partial charge in [-0.15, -0.1) is 0 Å². The SMILES string of the molecule is c1cc(NC2CCN(Cc3ccc4occc4c3)C2)c2ccncc2c1. The average molecular weight is 343 g/mol. The molecule has 26 heavy (non-hydrogen) atoms. The van der Waals surface area contributed by atoms with Crippen molar-refractivity contribution in [2.75, 3.05) is 18.4 Å². The smallest absolute Gasteiger partial charge is 0.133 e. The van der Waals surface area contributed by atoms with Gasteiger partial charge in [0.2, 0.25) is 0 Å². The van der Waals surface area contributed by atoms with Crippen LogP contribution < -0.4 is 5.32 Å². The molecule has 4 heteroatoms. The summed E-state index contributed by atoms with van der Waals surface area (Å²) in [6.07, 6.45) is 6.70. The Morgan fingerprint density at radius 3 is 3.12 bits per heavy atom. The summed E-state index contributed by atoms with van der Waals surface area (Å²) in [5.41, 5.74) is 3.51. The van der Waals surface area contributed by atoms with Crippen molar-refractivity contribution >= 4 is 27.4 Å². The highest BCUT2D eigenvalue weighted by molar-refractivity contribution is 5.93. The minimum absolute atomic E-state index is 0.478. The minimum Gasteiger partial charge on any atom is -0.464 e. The molecule has 5 rings (SSSR count). The second kappa shape index (κ2) is 6.46. The van der Waals surface area contributed by atoms with Crippen LogP contribution in [0.25, 0.3) is 21.7 Å². The van der Waals surface area contributed by atoms with Crippen LogP contribution in [-0.4, -0.2) is 29.0 Å². The molecule has 0 spiro atoms. The molecule has 1 unspecified atom stereocenters. The normalized spacial score (nSPS) is 17.9. The minimum atomic E-state index is 0.478. The van der Waals surface area contributed by atoms with E-state index in [4.69, 9.17) is 4.42 Å². The van der Waals surface area contributed by atoms with Crippen LogP contribution in [0.15, 0.2) is 71.6 Å². The van der Waals surface area contributed by atoms with Crippen LogP contribution >= 0.6 is 0 Å². The molecule has 0 aliphatic carbocycles. The molecular formula is C22H21N3O. The third-order valence-electron chi connectivity index (χ3n) is 5.24. The fourth-order valence-corrected chi connectivity index (χ4v) is 3.94. The zero-order chi connectivity index (χ0) is 17.3. The summed E-state index contributed by atoms with van der Waals surface area (Å²) >= 11 is 0. The molecule has 1 atom stereocenters. The number of furan rings is 1. The van der Waals surface area contributed by atoms with Gasteiger partial charge in [0.1, 0.15) is 5.58 Å². The van der Waals surface area contributed by atoms with Crippen LogP contribution in [0.4, 0.5) is 5.69 Å². The van der Waals surface area contributed by atoms with Crippen molar-refractivity contribution in [3.63, 3.8) is 0 Å². The molecule has 130 valence electrons. The van der Waals surface area contributed by atoms with E-state index < -0.39 is 0 Å². The molecule has 0 saturated carbocycles. The molecule has 2 aromatic heterocycles. The number of hydrogen-bond acceptors (Lipinski definition) is 4. The summed E-state index contributed by atoms with van der Waals surface area (Å²) in [4.78, 5) is 6.74. The third-order valence-corrected chi connectivity index (χ3v) is 5.24. The highest BCUT2D eigenvalue weighted by Crippen LogP contribution is 2.25. The van der Waals surface area contributed by atoms with Gasteiger partial charge in [-0.1, -0.05) is 18.2 Å². The van der Waals surface area contributed by atoms with Gasteiger partial charge in [0.15, 0.2) is 0 Å². The summed E-state index contributed by atoms with van der Waals surface area (Å²) in [7, 11) is 0. The van der Waals surface area contributed by atoms with Gasteiger partial charge in [-0.25, -0.2) is 0 Å². The molecule has 0 radical (unpaired) electrons. The zero-order valence-corrected chi connectivity index (χ0v) is 14.6. The quantitative estimate of drug-likeness (QED) is 0.585. The first kappa shape index (κ1) is 15.4. The van der Waals surface area contributed by atoms with Crippen LogP contribution in [0.5, 0.6) is 0 Å². The number of anilines is 1. The molecule has 4 aromatic rings. The van der Waals surface area contributed by atoms with E-state index >= 15 is 0 Å². The summed E-state index contributed by atoms with van der Waals surface area (Å²) in [5.74, 6) is 0. The maximum atomic E-state index is 5.43. The summed E-state index contributed by atoms with van der Waals surface area (Å²) < 4.78 is 5.43. The Morgan fingerprint density at radius 1 is 1.12 bits per heavy atom. The van der Waals surface area contributed by atoms with Gasteiger partial charge in [-0.05, 0) is 42.3 Å². The van der Waals surface area contributed by atoms with Gasteiger partial charge in [-0.3, -0.25) is 9.88 Å². The van der Waals surface area contributed by atoms with Gasteiger partial charge >= 0.3 is 0 Å². The van der Waals surface area contributed by atoms with Crippen molar-refractivity contribution in [1.82, 2.24) is 9.88 Å². The van der Waals surface area contributed by atoms with Crippen LogP contribution in [0.2, 0.25) is 0 Å². The molecule has 1 N–H and O–H groups in total. The number of hydrogen-bond donors (Lipinski definition) is 1. The monoisotopic (exact) mass is 343 g/mol. The van der Waals surface area contributed by atoms with Crippen molar-refractivity contribution in [2.45, 2.75) is 19.0 Å². The molecular weight excluding hydrogens is 322 g/mol. The number of fused-ring (bicyclic) bond motifs is 2. The fraction of sp³-hybridized carbons (Fsp3) is 0.227. The molecule has 4 nitrogen and oxygen atoms in total.